The number of hydrogen-bond acceptors (Lipinski definition) is 6. The minimum atomic E-state index is -0.724. The molecule has 0 saturated carbocycles. The summed E-state index contributed by atoms with van der Waals surface area (Å²) in [5.41, 5.74) is 1.69. The van der Waals surface area contributed by atoms with Crippen LogP contribution in [0.25, 0.3) is 11.0 Å². The van der Waals surface area contributed by atoms with Gasteiger partial charge in [0.15, 0.2) is 0 Å². The SMILES string of the molecule is Cc1cc2cc(NC(=N[C@H]3CCCCN(CC(=O)N4CCCC4)C3=O)NC(=O)c3ccn[nH]3)ccc2o1. The number of nitrogens with zero attached hydrogens (tertiary/aromatic N) is 4. The molecule has 0 aliphatic carbocycles. The van der Waals surface area contributed by atoms with Crippen LogP contribution in [-0.4, -0.2) is 75.9 Å². The summed E-state index contributed by atoms with van der Waals surface area (Å²) in [5.74, 6) is 0.267. The molecule has 11 heteroatoms. The topological polar surface area (TPSA) is 136 Å². The lowest BCUT2D eigenvalue weighted by Crippen LogP contribution is -2.45. The number of guanidine groups is 1. The second-order valence-corrected chi connectivity index (χ2v) is 9.50. The third kappa shape index (κ3) is 5.82. The minimum absolute atomic E-state index is 0.0231. The zero-order valence-electron chi connectivity index (χ0n) is 20.8. The molecular formula is C26H31N7O4. The van der Waals surface area contributed by atoms with E-state index in [4.69, 9.17) is 4.42 Å². The summed E-state index contributed by atoms with van der Waals surface area (Å²) < 4.78 is 5.65. The van der Waals surface area contributed by atoms with Crippen molar-refractivity contribution >= 4 is 40.3 Å². The maximum Gasteiger partial charge on any atom is 0.275 e. The summed E-state index contributed by atoms with van der Waals surface area (Å²) >= 11 is 0. The molecule has 0 spiro atoms. The molecule has 3 aromatic rings. The van der Waals surface area contributed by atoms with Crippen LogP contribution in [-0.2, 0) is 9.59 Å². The summed E-state index contributed by atoms with van der Waals surface area (Å²) in [6.45, 7) is 3.95. The lowest BCUT2D eigenvalue weighted by Gasteiger charge is -2.25. The van der Waals surface area contributed by atoms with Crippen LogP contribution in [0.15, 0.2) is 45.9 Å². The van der Waals surface area contributed by atoms with E-state index in [2.05, 4.69) is 25.8 Å². The van der Waals surface area contributed by atoms with E-state index in [0.717, 1.165) is 55.5 Å². The first-order valence-corrected chi connectivity index (χ1v) is 12.7. The first-order chi connectivity index (χ1) is 18.0. The molecule has 2 fully saturated rings. The molecule has 37 heavy (non-hydrogen) atoms. The largest absolute Gasteiger partial charge is 0.461 e. The number of benzene rings is 1. The highest BCUT2D eigenvalue weighted by Gasteiger charge is 2.30. The smallest absolute Gasteiger partial charge is 0.275 e. The van der Waals surface area contributed by atoms with Crippen molar-refractivity contribution < 1.29 is 18.8 Å². The number of aryl methyl sites for hydroxylation is 1. The average molecular weight is 506 g/mol. The van der Waals surface area contributed by atoms with Crippen molar-refractivity contribution in [1.82, 2.24) is 25.3 Å². The van der Waals surface area contributed by atoms with E-state index >= 15 is 0 Å². The predicted molar refractivity (Wildman–Crippen MR) is 138 cm³/mol. The first-order valence-electron chi connectivity index (χ1n) is 12.7. The number of nitrogens with one attached hydrogen (secondary N) is 3. The molecule has 11 nitrogen and oxygen atoms in total. The van der Waals surface area contributed by atoms with E-state index < -0.39 is 11.9 Å². The number of furan rings is 1. The number of hydrogen-bond donors (Lipinski definition) is 3. The Labute approximate surface area is 214 Å². The number of aliphatic imine (C=N–C) groups is 1. The van der Waals surface area contributed by atoms with Crippen molar-refractivity contribution in [1.29, 1.82) is 0 Å². The second-order valence-electron chi connectivity index (χ2n) is 9.50. The third-order valence-electron chi connectivity index (χ3n) is 6.70. The molecule has 1 atom stereocenters. The van der Waals surface area contributed by atoms with Gasteiger partial charge in [-0.15, -0.1) is 0 Å². The number of rotatable bonds is 5. The molecule has 4 heterocycles. The number of H-pyrrole nitrogens is 1. The second kappa shape index (κ2) is 10.9. The zero-order chi connectivity index (χ0) is 25.8. The van der Waals surface area contributed by atoms with Crippen molar-refractivity contribution in [2.24, 2.45) is 4.99 Å². The molecule has 2 saturated heterocycles. The lowest BCUT2D eigenvalue weighted by molar-refractivity contribution is -0.140. The molecule has 2 aliphatic heterocycles. The van der Waals surface area contributed by atoms with Crippen molar-refractivity contribution in [2.75, 3.05) is 31.5 Å². The predicted octanol–water partition coefficient (Wildman–Crippen LogP) is 2.67. The molecule has 0 bridgehead atoms. The fourth-order valence-corrected chi connectivity index (χ4v) is 4.79. The van der Waals surface area contributed by atoms with E-state index in [1.165, 1.54) is 6.20 Å². The van der Waals surface area contributed by atoms with Gasteiger partial charge in [0.2, 0.25) is 17.8 Å². The highest BCUT2D eigenvalue weighted by Crippen LogP contribution is 2.23. The van der Waals surface area contributed by atoms with E-state index in [1.54, 1.807) is 11.0 Å². The van der Waals surface area contributed by atoms with Gasteiger partial charge in [-0.3, -0.25) is 24.8 Å². The van der Waals surface area contributed by atoms with E-state index in [-0.39, 0.29) is 30.0 Å². The number of carbonyl (C=O) groups excluding carboxylic acids is 3. The van der Waals surface area contributed by atoms with E-state index in [0.29, 0.717) is 18.7 Å². The van der Waals surface area contributed by atoms with Gasteiger partial charge in [-0.25, -0.2) is 4.99 Å². The van der Waals surface area contributed by atoms with Crippen LogP contribution in [0.4, 0.5) is 5.69 Å². The maximum atomic E-state index is 13.5. The highest BCUT2D eigenvalue weighted by atomic mass is 16.3. The summed E-state index contributed by atoms with van der Waals surface area (Å²) in [4.78, 5) is 47.1. The van der Waals surface area contributed by atoms with Gasteiger partial charge in [-0.2, -0.15) is 5.10 Å². The summed E-state index contributed by atoms with van der Waals surface area (Å²) in [5, 5.41) is 13.3. The van der Waals surface area contributed by atoms with Gasteiger partial charge in [0, 0.05) is 36.9 Å². The van der Waals surface area contributed by atoms with Crippen molar-refractivity contribution in [2.45, 2.75) is 45.1 Å². The number of carbonyl (C=O) groups is 3. The molecule has 5 rings (SSSR count). The van der Waals surface area contributed by atoms with Crippen LogP contribution in [0.2, 0.25) is 0 Å². The van der Waals surface area contributed by atoms with Crippen molar-refractivity contribution in [3.05, 3.63) is 48.0 Å². The highest BCUT2D eigenvalue weighted by molar-refractivity contribution is 6.10. The van der Waals surface area contributed by atoms with Crippen LogP contribution in [0, 0.1) is 6.92 Å². The quantitative estimate of drug-likeness (QED) is 0.360. The molecule has 3 N–H and O–H groups in total. The van der Waals surface area contributed by atoms with Crippen LogP contribution < -0.4 is 10.6 Å². The summed E-state index contributed by atoms with van der Waals surface area (Å²) in [7, 11) is 0. The Kier molecular flexibility index (Phi) is 7.20. The van der Waals surface area contributed by atoms with Crippen molar-refractivity contribution in [3.63, 3.8) is 0 Å². The molecule has 3 amide bonds. The molecule has 2 aromatic heterocycles. The Morgan fingerprint density at radius 1 is 1.14 bits per heavy atom. The van der Waals surface area contributed by atoms with Gasteiger partial charge in [0.1, 0.15) is 23.1 Å². The lowest BCUT2D eigenvalue weighted by atomic mass is 10.1. The molecule has 1 aromatic carbocycles. The van der Waals surface area contributed by atoms with Gasteiger partial charge in [0.25, 0.3) is 5.91 Å². The van der Waals surface area contributed by atoms with Crippen LogP contribution in [0.1, 0.15) is 48.4 Å². The zero-order valence-corrected chi connectivity index (χ0v) is 20.8. The van der Waals surface area contributed by atoms with Gasteiger partial charge in [-0.05, 0) is 69.4 Å². The first kappa shape index (κ1) is 24.5. The van der Waals surface area contributed by atoms with Gasteiger partial charge < -0.3 is 19.5 Å². The fourth-order valence-electron chi connectivity index (χ4n) is 4.79. The maximum absolute atomic E-state index is 13.5. The Morgan fingerprint density at radius 3 is 2.73 bits per heavy atom. The van der Waals surface area contributed by atoms with Crippen molar-refractivity contribution in [3.8, 4) is 0 Å². The third-order valence-corrected chi connectivity index (χ3v) is 6.70. The number of aromatic nitrogens is 2. The number of amides is 3. The van der Waals surface area contributed by atoms with Crippen LogP contribution >= 0.6 is 0 Å². The Balaban J connectivity index is 1.38. The Bertz CT molecular complexity index is 1310. The monoisotopic (exact) mass is 505 g/mol. The fraction of sp³-hybridized carbons (Fsp3) is 0.423. The molecule has 0 unspecified atom stereocenters. The van der Waals surface area contributed by atoms with Gasteiger partial charge in [-0.1, -0.05) is 0 Å². The Morgan fingerprint density at radius 2 is 1.95 bits per heavy atom. The summed E-state index contributed by atoms with van der Waals surface area (Å²) in [6.07, 6.45) is 5.60. The van der Waals surface area contributed by atoms with E-state index in [1.807, 2.05) is 36.1 Å². The molecule has 0 radical (unpaired) electrons. The number of aromatic amines is 1. The molecular weight excluding hydrogens is 474 g/mol. The minimum Gasteiger partial charge on any atom is -0.461 e. The average Bonchev–Trinajstić information content (AvgIpc) is 3.64. The van der Waals surface area contributed by atoms with Crippen LogP contribution in [0.5, 0.6) is 0 Å². The molecule has 194 valence electrons. The van der Waals surface area contributed by atoms with Gasteiger partial charge >= 0.3 is 0 Å². The van der Waals surface area contributed by atoms with E-state index in [9.17, 15) is 14.4 Å². The number of fused-ring (bicyclic) bond motifs is 1. The standard InChI is InChI=1S/C26H31N7O4/c1-17-14-18-15-19(7-8-22(18)37-17)28-26(30-24(35)20-9-10-27-31-20)29-21-6-2-3-13-33(25(21)36)16-23(34)32-11-4-5-12-32/h7-10,14-15,21H,2-6,11-13,16H2,1H3,(H,27,31)(H2,28,29,30,35)/t21-/m0/s1. The normalized spacial score (nSPS) is 18.8. The summed E-state index contributed by atoms with van der Waals surface area (Å²) in [6, 6.07) is 8.29. The Hall–Kier alpha value is -4.15. The molecule has 2 aliphatic rings. The van der Waals surface area contributed by atoms with Gasteiger partial charge in [0.05, 0.1) is 6.54 Å². The number of anilines is 1. The van der Waals surface area contributed by atoms with Crippen LogP contribution in [0.3, 0.4) is 0 Å². The number of likely N-dealkylation sites (tertiary alicyclic amines) is 2.